The van der Waals surface area contributed by atoms with Gasteiger partial charge in [0.1, 0.15) is 0 Å². The minimum absolute atomic E-state index is 0.126. The smallest absolute Gasteiger partial charge is 0.338 e. The first-order valence-corrected chi connectivity index (χ1v) is 10.7. The van der Waals surface area contributed by atoms with Crippen LogP contribution in [0.1, 0.15) is 44.9 Å². The predicted molar refractivity (Wildman–Crippen MR) is 117 cm³/mol. The molecular formula is C22H20N4O5S. The summed E-state index contributed by atoms with van der Waals surface area (Å²) in [5, 5.41) is 3.78. The first-order chi connectivity index (χ1) is 15.3. The maximum absolute atomic E-state index is 12.7. The summed E-state index contributed by atoms with van der Waals surface area (Å²) in [5.74, 6) is -1.46. The summed E-state index contributed by atoms with van der Waals surface area (Å²) >= 11 is 1.46. The molecule has 0 spiro atoms. The average Bonchev–Trinajstić information content (AvgIpc) is 3.41. The lowest BCUT2D eigenvalue weighted by molar-refractivity contribution is -0.130. The second-order valence-corrected chi connectivity index (χ2v) is 8.12. The Morgan fingerprint density at radius 1 is 1.16 bits per heavy atom. The fourth-order valence-electron chi connectivity index (χ4n) is 3.49. The van der Waals surface area contributed by atoms with Gasteiger partial charge in [-0.25, -0.2) is 14.8 Å². The van der Waals surface area contributed by atoms with E-state index in [0.29, 0.717) is 11.3 Å². The quantitative estimate of drug-likeness (QED) is 0.455. The van der Waals surface area contributed by atoms with E-state index in [1.54, 1.807) is 12.3 Å². The molecule has 3 aromatic rings. The first kappa shape index (κ1) is 21.4. The van der Waals surface area contributed by atoms with Crippen molar-refractivity contribution in [2.45, 2.75) is 26.7 Å². The van der Waals surface area contributed by atoms with Gasteiger partial charge in [0.15, 0.2) is 11.7 Å². The largest absolute Gasteiger partial charge is 0.454 e. The van der Waals surface area contributed by atoms with Crippen LogP contribution in [-0.2, 0) is 14.3 Å². The molecule has 1 aliphatic rings. The van der Waals surface area contributed by atoms with Gasteiger partial charge in [0.05, 0.1) is 11.3 Å². The number of aryl methyl sites for hydroxylation is 1. The number of ketones is 1. The molecule has 1 aromatic carbocycles. The van der Waals surface area contributed by atoms with Crippen molar-refractivity contribution in [2.24, 2.45) is 0 Å². The highest BCUT2D eigenvalue weighted by Gasteiger charge is 2.25. The molecule has 1 aliphatic heterocycles. The molecule has 0 atom stereocenters. The number of hydrazine groups is 1. The number of nitrogens with one attached hydrogen (secondary N) is 1. The van der Waals surface area contributed by atoms with Gasteiger partial charge in [-0.3, -0.25) is 24.4 Å². The Morgan fingerprint density at radius 3 is 2.59 bits per heavy atom. The van der Waals surface area contributed by atoms with Crippen LogP contribution in [0.25, 0.3) is 5.13 Å². The normalized spacial score (nSPS) is 13.8. The molecule has 1 N–H and O–H groups in total. The Labute approximate surface area is 187 Å². The molecule has 0 bridgehead atoms. The summed E-state index contributed by atoms with van der Waals surface area (Å²) < 4.78 is 7.09. The molecule has 1 fully saturated rings. The first-order valence-electron chi connectivity index (χ1n) is 9.87. The zero-order chi connectivity index (χ0) is 22.8. The van der Waals surface area contributed by atoms with Crippen LogP contribution >= 0.6 is 11.3 Å². The molecule has 3 heterocycles. The SMILES string of the molecule is Cc1cc(C(=O)COC(=O)c2ccc(N3NC(=O)CCC3=O)cc2)c(C)n1-c1nccs1. The topological polar surface area (TPSA) is 111 Å². The number of nitrogens with zero attached hydrogens (tertiary/aromatic N) is 3. The number of benzene rings is 1. The van der Waals surface area contributed by atoms with Crippen LogP contribution in [0.3, 0.4) is 0 Å². The monoisotopic (exact) mass is 452 g/mol. The molecule has 4 rings (SSSR count). The van der Waals surface area contributed by atoms with Crippen LogP contribution in [0.15, 0.2) is 41.9 Å². The Kier molecular flexibility index (Phi) is 5.87. The highest BCUT2D eigenvalue weighted by Crippen LogP contribution is 2.23. The Balaban J connectivity index is 1.41. The number of hydrogen-bond acceptors (Lipinski definition) is 7. The van der Waals surface area contributed by atoms with Crippen molar-refractivity contribution in [1.82, 2.24) is 15.0 Å². The van der Waals surface area contributed by atoms with E-state index in [1.165, 1.54) is 35.6 Å². The maximum atomic E-state index is 12.7. The van der Waals surface area contributed by atoms with Gasteiger partial charge in [0.2, 0.25) is 17.6 Å². The van der Waals surface area contributed by atoms with Crippen molar-refractivity contribution >= 4 is 40.6 Å². The van der Waals surface area contributed by atoms with Crippen LogP contribution in [0.2, 0.25) is 0 Å². The molecule has 0 unspecified atom stereocenters. The zero-order valence-electron chi connectivity index (χ0n) is 17.5. The molecule has 0 saturated carbocycles. The number of hydrogen-bond donors (Lipinski definition) is 1. The predicted octanol–water partition coefficient (Wildman–Crippen LogP) is 2.75. The number of esters is 1. The van der Waals surface area contributed by atoms with E-state index in [2.05, 4.69) is 10.4 Å². The minimum Gasteiger partial charge on any atom is -0.454 e. The van der Waals surface area contributed by atoms with Gasteiger partial charge in [-0.05, 0) is 44.2 Å². The van der Waals surface area contributed by atoms with Gasteiger partial charge in [0.25, 0.3) is 0 Å². The third kappa shape index (κ3) is 4.17. The Morgan fingerprint density at radius 2 is 1.91 bits per heavy atom. The molecular weight excluding hydrogens is 432 g/mol. The second kappa shape index (κ2) is 8.75. The molecule has 0 aliphatic carbocycles. The van der Waals surface area contributed by atoms with E-state index < -0.39 is 12.6 Å². The number of amides is 2. The molecule has 164 valence electrons. The minimum atomic E-state index is -0.660. The lowest BCUT2D eigenvalue weighted by Crippen LogP contribution is -2.50. The highest BCUT2D eigenvalue weighted by molar-refractivity contribution is 7.12. The number of carbonyl (C=O) groups excluding carboxylic acids is 4. The maximum Gasteiger partial charge on any atom is 0.338 e. The second-order valence-electron chi connectivity index (χ2n) is 7.25. The summed E-state index contributed by atoms with van der Waals surface area (Å²) in [7, 11) is 0. The standard InChI is InChI=1S/C22H20N4O5S/c1-13-11-17(14(2)25(13)22-23-9-10-32-22)18(27)12-31-21(30)15-3-5-16(6-4-15)26-20(29)8-7-19(28)24-26/h3-6,9-11H,7-8,12H2,1-2H3,(H,24,28). The van der Waals surface area contributed by atoms with Crippen molar-refractivity contribution in [3.63, 3.8) is 0 Å². The van der Waals surface area contributed by atoms with Crippen molar-refractivity contribution in [3.05, 3.63) is 64.4 Å². The number of ether oxygens (including phenoxy) is 1. The zero-order valence-corrected chi connectivity index (χ0v) is 18.3. The Hall–Kier alpha value is -3.79. The third-order valence-corrected chi connectivity index (χ3v) is 5.85. The summed E-state index contributed by atoms with van der Waals surface area (Å²) in [6.45, 7) is 3.31. The number of Topliss-reactive ketones (excluding diaryl/α,β-unsaturated/α-hetero) is 1. The van der Waals surface area contributed by atoms with Gasteiger partial charge in [0, 0.05) is 41.4 Å². The lowest BCUT2D eigenvalue weighted by Gasteiger charge is -2.27. The van der Waals surface area contributed by atoms with Crippen LogP contribution in [0.4, 0.5) is 5.69 Å². The third-order valence-electron chi connectivity index (χ3n) is 5.09. The van der Waals surface area contributed by atoms with E-state index in [4.69, 9.17) is 4.74 Å². The van der Waals surface area contributed by atoms with E-state index in [0.717, 1.165) is 21.5 Å². The average molecular weight is 452 g/mol. The molecule has 1 saturated heterocycles. The van der Waals surface area contributed by atoms with Crippen molar-refractivity contribution in [3.8, 4) is 5.13 Å². The molecule has 2 aromatic heterocycles. The van der Waals surface area contributed by atoms with Crippen LogP contribution < -0.4 is 10.4 Å². The van der Waals surface area contributed by atoms with Crippen molar-refractivity contribution in [2.75, 3.05) is 11.6 Å². The number of thiazole rings is 1. The van der Waals surface area contributed by atoms with E-state index in [9.17, 15) is 19.2 Å². The summed E-state index contributed by atoms with van der Waals surface area (Å²) in [4.78, 5) is 52.9. The fraction of sp³-hybridized carbons (Fsp3) is 0.227. The number of rotatable bonds is 6. The molecule has 32 heavy (non-hydrogen) atoms. The van der Waals surface area contributed by atoms with E-state index in [1.807, 2.05) is 23.8 Å². The van der Waals surface area contributed by atoms with Crippen LogP contribution in [0.5, 0.6) is 0 Å². The molecule has 0 radical (unpaired) electrons. The number of anilines is 1. The molecule has 9 nitrogen and oxygen atoms in total. The van der Waals surface area contributed by atoms with Crippen LogP contribution in [0, 0.1) is 13.8 Å². The lowest BCUT2D eigenvalue weighted by atomic mass is 10.1. The number of aromatic nitrogens is 2. The molecule has 10 heteroatoms. The fourth-order valence-corrected chi connectivity index (χ4v) is 4.24. The van der Waals surface area contributed by atoms with Gasteiger partial charge in [-0.15, -0.1) is 11.3 Å². The van der Waals surface area contributed by atoms with Crippen molar-refractivity contribution < 1.29 is 23.9 Å². The van der Waals surface area contributed by atoms with Gasteiger partial charge >= 0.3 is 5.97 Å². The highest BCUT2D eigenvalue weighted by atomic mass is 32.1. The summed E-state index contributed by atoms with van der Waals surface area (Å²) in [6, 6.07) is 7.77. The van der Waals surface area contributed by atoms with Gasteiger partial charge in [-0.2, -0.15) is 0 Å². The van der Waals surface area contributed by atoms with E-state index in [-0.39, 0.29) is 36.0 Å². The van der Waals surface area contributed by atoms with Gasteiger partial charge < -0.3 is 4.74 Å². The molecule has 2 amide bonds. The van der Waals surface area contributed by atoms with Crippen molar-refractivity contribution in [1.29, 1.82) is 0 Å². The van der Waals surface area contributed by atoms with E-state index >= 15 is 0 Å². The summed E-state index contributed by atoms with van der Waals surface area (Å²) in [6.07, 6.45) is 1.98. The van der Waals surface area contributed by atoms with Gasteiger partial charge in [-0.1, -0.05) is 0 Å². The number of carbonyl (C=O) groups is 4. The van der Waals surface area contributed by atoms with Crippen LogP contribution in [-0.4, -0.2) is 39.7 Å². The Bertz CT molecular complexity index is 1200. The summed E-state index contributed by atoms with van der Waals surface area (Å²) in [5.41, 5.74) is 5.22.